The van der Waals surface area contributed by atoms with Crippen LogP contribution < -0.4 is 16.0 Å². The number of anilines is 1. The van der Waals surface area contributed by atoms with Gasteiger partial charge in [0.1, 0.15) is 5.82 Å². The summed E-state index contributed by atoms with van der Waals surface area (Å²) in [6, 6.07) is 6.97. The summed E-state index contributed by atoms with van der Waals surface area (Å²) in [5, 5.41) is 4.08. The van der Waals surface area contributed by atoms with Gasteiger partial charge in [0.25, 0.3) is 0 Å². The van der Waals surface area contributed by atoms with E-state index in [0.29, 0.717) is 75.5 Å². The van der Waals surface area contributed by atoms with Crippen molar-refractivity contribution < 1.29 is 18.0 Å². The minimum absolute atomic E-state index is 0.118. The Hall–Kier alpha value is -2.20. The van der Waals surface area contributed by atoms with Crippen LogP contribution in [0, 0.1) is 5.92 Å². The van der Waals surface area contributed by atoms with Crippen LogP contribution in [0.1, 0.15) is 42.6 Å². The number of nitrogens with two attached hydrogens (primary N) is 1. The highest BCUT2D eigenvalue weighted by Gasteiger charge is 2.45. The van der Waals surface area contributed by atoms with E-state index in [0.717, 1.165) is 5.52 Å². The Kier molecular flexibility index (Phi) is 7.26. The molecule has 1 aliphatic carbocycles. The Morgan fingerprint density at radius 3 is 2.63 bits per heavy atom. The van der Waals surface area contributed by atoms with E-state index in [2.05, 4.69) is 5.32 Å². The second kappa shape index (κ2) is 10.1. The molecule has 2 aromatic carbocycles. The van der Waals surface area contributed by atoms with Crippen molar-refractivity contribution in [1.29, 1.82) is 0 Å². The molecule has 3 aromatic rings. The Bertz CT molecular complexity index is 1400. The van der Waals surface area contributed by atoms with E-state index in [9.17, 15) is 18.0 Å². The molecule has 0 bridgehead atoms. The van der Waals surface area contributed by atoms with E-state index in [1.54, 1.807) is 29.2 Å². The summed E-state index contributed by atoms with van der Waals surface area (Å²) in [4.78, 5) is 18.7. The van der Waals surface area contributed by atoms with Gasteiger partial charge in [-0.2, -0.15) is 13.2 Å². The smallest absolute Gasteiger partial charge is 0.370 e. The van der Waals surface area contributed by atoms with Gasteiger partial charge in [0.05, 0.1) is 38.2 Å². The van der Waals surface area contributed by atoms with E-state index in [4.69, 9.17) is 45.5 Å². The number of nitrogens with zero attached hydrogens (tertiary/aromatic N) is 3. The Morgan fingerprint density at radius 2 is 1.95 bits per heavy atom. The highest BCUT2D eigenvalue weighted by atomic mass is 35.5. The lowest BCUT2D eigenvalue weighted by Crippen LogP contribution is -2.42. The van der Waals surface area contributed by atoms with Gasteiger partial charge >= 0.3 is 6.18 Å². The van der Waals surface area contributed by atoms with Crippen LogP contribution in [0.2, 0.25) is 15.1 Å². The van der Waals surface area contributed by atoms with Gasteiger partial charge in [-0.1, -0.05) is 40.9 Å². The number of imidazole rings is 1. The third-order valence-corrected chi connectivity index (χ3v) is 8.68. The van der Waals surface area contributed by atoms with Crippen molar-refractivity contribution in [2.45, 2.75) is 50.4 Å². The van der Waals surface area contributed by atoms with Crippen molar-refractivity contribution in [3.8, 4) is 0 Å². The molecule has 0 radical (unpaired) electrons. The lowest BCUT2D eigenvalue weighted by atomic mass is 9.97. The summed E-state index contributed by atoms with van der Waals surface area (Å²) < 4.78 is 42.0. The summed E-state index contributed by atoms with van der Waals surface area (Å²) in [6.45, 7) is 0.596. The quantitative estimate of drug-likeness (QED) is 0.370. The number of aromatic nitrogens is 2. The Labute approximate surface area is 233 Å². The van der Waals surface area contributed by atoms with Crippen molar-refractivity contribution >= 4 is 57.4 Å². The standard InChI is InChI=1S/C26H27Cl3F3N5O/c1-36-21-11-20(37-8-2-3-15(13-37)26(30,31)32)18(28)10-19(21)35-22(36)9-16-17(27)5-4-14(23(16)29)12-34-24(38)25(33)6-7-25/h4-5,10-11,15H,2-3,6-9,12-13,33H2,1H3,(H,34,38). The molecule has 5 rings (SSSR count). The maximum atomic E-state index is 13.4. The number of nitrogens with one attached hydrogen (secondary N) is 1. The molecule has 38 heavy (non-hydrogen) atoms. The molecule has 1 unspecified atom stereocenters. The van der Waals surface area contributed by atoms with E-state index >= 15 is 0 Å². The zero-order chi connectivity index (χ0) is 27.4. The second-order valence-electron chi connectivity index (χ2n) is 10.2. The lowest BCUT2D eigenvalue weighted by molar-refractivity contribution is -0.176. The van der Waals surface area contributed by atoms with Gasteiger partial charge in [-0.05, 0) is 55.0 Å². The minimum Gasteiger partial charge on any atom is -0.370 e. The third-order valence-electron chi connectivity index (χ3n) is 7.55. The molecule has 2 fully saturated rings. The van der Waals surface area contributed by atoms with Crippen molar-refractivity contribution in [3.05, 3.63) is 56.3 Å². The number of piperidine rings is 1. The van der Waals surface area contributed by atoms with Gasteiger partial charge in [-0.25, -0.2) is 4.98 Å². The average molecular weight is 589 g/mol. The topological polar surface area (TPSA) is 76.2 Å². The Morgan fingerprint density at radius 1 is 1.21 bits per heavy atom. The molecule has 0 spiro atoms. The number of fused-ring (bicyclic) bond motifs is 1. The molecular formula is C26H27Cl3F3N5O. The van der Waals surface area contributed by atoms with Crippen molar-refractivity contribution in [2.24, 2.45) is 18.7 Å². The normalized spacial score (nSPS) is 19.2. The van der Waals surface area contributed by atoms with Crippen LogP contribution in [0.4, 0.5) is 18.9 Å². The van der Waals surface area contributed by atoms with Crippen LogP contribution >= 0.6 is 34.8 Å². The first-order chi connectivity index (χ1) is 17.9. The van der Waals surface area contributed by atoms with Gasteiger partial charge < -0.3 is 20.5 Å². The number of rotatable bonds is 6. The molecule has 12 heteroatoms. The number of carbonyl (C=O) groups is 1. The highest BCUT2D eigenvalue weighted by Crippen LogP contribution is 2.39. The summed E-state index contributed by atoms with van der Waals surface area (Å²) in [6.07, 6.45) is -2.05. The molecule has 1 aliphatic heterocycles. The summed E-state index contributed by atoms with van der Waals surface area (Å²) in [7, 11) is 1.83. The van der Waals surface area contributed by atoms with Crippen LogP contribution in [0.5, 0.6) is 0 Å². The number of amides is 1. The Balaban J connectivity index is 1.41. The fourth-order valence-electron chi connectivity index (χ4n) is 4.93. The van der Waals surface area contributed by atoms with E-state index in [1.165, 1.54) is 0 Å². The molecule has 1 saturated heterocycles. The van der Waals surface area contributed by atoms with Gasteiger partial charge in [0, 0.05) is 38.1 Å². The molecule has 6 nitrogen and oxygen atoms in total. The largest absolute Gasteiger partial charge is 0.393 e. The summed E-state index contributed by atoms with van der Waals surface area (Å²) in [5.74, 6) is -0.932. The second-order valence-corrected chi connectivity index (χ2v) is 11.4. The third kappa shape index (κ3) is 5.30. The SMILES string of the molecule is Cn1c(Cc2c(Cl)ccc(CNC(=O)C3(N)CC3)c2Cl)nc2cc(Cl)c(N3CCCC(C(F)(F)F)C3)cc21. The fourth-order valence-corrected chi connectivity index (χ4v) is 5.78. The number of hydrogen-bond donors (Lipinski definition) is 2. The van der Waals surface area contributed by atoms with Crippen molar-refractivity contribution in [2.75, 3.05) is 18.0 Å². The molecule has 204 valence electrons. The van der Waals surface area contributed by atoms with Crippen LogP contribution in [0.3, 0.4) is 0 Å². The molecule has 1 saturated carbocycles. The van der Waals surface area contributed by atoms with Gasteiger partial charge in [0.2, 0.25) is 5.91 Å². The first kappa shape index (κ1) is 27.4. The molecule has 3 N–H and O–H groups in total. The average Bonchev–Trinajstić information content (AvgIpc) is 3.55. The number of benzene rings is 2. The van der Waals surface area contributed by atoms with E-state index < -0.39 is 17.6 Å². The molecule has 2 heterocycles. The minimum atomic E-state index is -4.24. The number of aryl methyl sites for hydroxylation is 1. The number of alkyl halides is 3. The summed E-state index contributed by atoms with van der Waals surface area (Å²) >= 11 is 19.7. The lowest BCUT2D eigenvalue weighted by Gasteiger charge is -2.35. The predicted octanol–water partition coefficient (Wildman–Crippen LogP) is 6.01. The molecule has 1 atom stereocenters. The zero-order valence-electron chi connectivity index (χ0n) is 20.6. The van der Waals surface area contributed by atoms with Crippen LogP contribution in [-0.2, 0) is 24.8 Å². The van der Waals surface area contributed by atoms with Crippen molar-refractivity contribution in [1.82, 2.24) is 14.9 Å². The first-order valence-corrected chi connectivity index (χ1v) is 13.5. The molecular weight excluding hydrogens is 562 g/mol. The van der Waals surface area contributed by atoms with Crippen LogP contribution in [0.15, 0.2) is 24.3 Å². The fraction of sp³-hybridized carbons (Fsp3) is 0.462. The van der Waals surface area contributed by atoms with E-state index in [1.807, 2.05) is 11.6 Å². The summed E-state index contributed by atoms with van der Waals surface area (Å²) in [5.41, 5.74) is 8.45. The van der Waals surface area contributed by atoms with Gasteiger partial charge in [0.15, 0.2) is 0 Å². The van der Waals surface area contributed by atoms with Gasteiger partial charge in [-0.3, -0.25) is 4.79 Å². The predicted molar refractivity (Wildman–Crippen MR) is 144 cm³/mol. The number of hydrogen-bond acceptors (Lipinski definition) is 4. The first-order valence-electron chi connectivity index (χ1n) is 12.4. The van der Waals surface area contributed by atoms with Gasteiger partial charge in [-0.15, -0.1) is 0 Å². The maximum Gasteiger partial charge on any atom is 0.393 e. The monoisotopic (exact) mass is 587 g/mol. The zero-order valence-corrected chi connectivity index (χ0v) is 22.9. The molecule has 2 aliphatic rings. The number of carbonyl (C=O) groups excluding carboxylic acids is 1. The highest BCUT2D eigenvalue weighted by molar-refractivity contribution is 6.36. The van der Waals surface area contributed by atoms with E-state index in [-0.39, 0.29) is 25.4 Å². The molecule has 1 amide bonds. The van der Waals surface area contributed by atoms with Crippen molar-refractivity contribution in [3.63, 3.8) is 0 Å². The van der Waals surface area contributed by atoms with Crippen LogP contribution in [0.25, 0.3) is 11.0 Å². The molecule has 1 aromatic heterocycles. The number of halogens is 6. The maximum absolute atomic E-state index is 13.4. The van der Waals surface area contributed by atoms with Crippen LogP contribution in [-0.4, -0.2) is 40.3 Å².